The molecule has 0 radical (unpaired) electrons. The van der Waals surface area contributed by atoms with Gasteiger partial charge in [0.2, 0.25) is 20.1 Å². The summed E-state index contributed by atoms with van der Waals surface area (Å²) in [6, 6.07) is 9.35. The van der Waals surface area contributed by atoms with E-state index >= 15 is 0 Å². The van der Waals surface area contributed by atoms with E-state index in [9.17, 15) is 8.42 Å². The number of fused-ring (bicyclic) bond motifs is 1. The molecule has 3 rings (SSSR count). The monoisotopic (exact) mass is 306 g/mol. The van der Waals surface area contributed by atoms with Gasteiger partial charge in [-0.05, 0) is 11.5 Å². The molecule has 0 aliphatic heterocycles. The third-order valence-electron chi connectivity index (χ3n) is 2.77. The lowest BCUT2D eigenvalue weighted by molar-refractivity contribution is 0.594. The first-order chi connectivity index (χ1) is 9.56. The maximum atomic E-state index is 12.3. The fourth-order valence-corrected chi connectivity index (χ4v) is 3.92. The minimum Gasteiger partial charge on any atom is -0.367 e. The molecule has 6 nitrogen and oxygen atoms in total. The van der Waals surface area contributed by atoms with Crippen LogP contribution in [0.5, 0.6) is 0 Å². The van der Waals surface area contributed by atoms with E-state index in [2.05, 4.69) is 14.3 Å². The van der Waals surface area contributed by atoms with Crippen molar-refractivity contribution in [2.45, 2.75) is 10.1 Å². The molecule has 102 valence electrons. The molecule has 0 spiro atoms. The van der Waals surface area contributed by atoms with Crippen molar-refractivity contribution in [3.05, 3.63) is 42.2 Å². The van der Waals surface area contributed by atoms with Crippen molar-refractivity contribution in [1.29, 1.82) is 0 Å². The molecule has 20 heavy (non-hydrogen) atoms. The number of hydrogen-bond acceptors (Lipinski definition) is 7. The third-order valence-corrected chi connectivity index (χ3v) is 5.56. The third kappa shape index (κ3) is 2.35. The van der Waals surface area contributed by atoms with E-state index < -0.39 is 9.84 Å². The molecule has 1 aromatic carbocycles. The highest BCUT2D eigenvalue weighted by atomic mass is 32.2. The van der Waals surface area contributed by atoms with E-state index in [0.29, 0.717) is 5.69 Å². The minimum absolute atomic E-state index is 0.0283. The van der Waals surface area contributed by atoms with Crippen molar-refractivity contribution in [1.82, 2.24) is 14.3 Å². The fourth-order valence-electron chi connectivity index (χ4n) is 1.89. The Kier molecular flexibility index (Phi) is 3.11. The van der Waals surface area contributed by atoms with Crippen LogP contribution in [0, 0.1) is 0 Å². The molecule has 2 heterocycles. The number of aromatic nitrogens is 3. The van der Waals surface area contributed by atoms with E-state index in [0.717, 1.165) is 22.3 Å². The van der Waals surface area contributed by atoms with Crippen LogP contribution in [0.25, 0.3) is 10.8 Å². The SMILES string of the molecule is Nc1nsc(S(=O)(=O)Cc2nccc3ccccc23)n1. The smallest absolute Gasteiger partial charge is 0.233 e. The number of pyridine rings is 1. The summed E-state index contributed by atoms with van der Waals surface area (Å²) in [6.07, 6.45) is 1.60. The predicted molar refractivity (Wildman–Crippen MR) is 77.0 cm³/mol. The van der Waals surface area contributed by atoms with E-state index in [1.54, 1.807) is 6.20 Å². The molecular weight excluding hydrogens is 296 g/mol. The van der Waals surface area contributed by atoms with Gasteiger partial charge in [0.25, 0.3) is 0 Å². The number of sulfone groups is 1. The maximum absolute atomic E-state index is 12.3. The normalized spacial score (nSPS) is 11.8. The maximum Gasteiger partial charge on any atom is 0.233 e. The Bertz CT molecular complexity index is 869. The Morgan fingerprint density at radius 3 is 2.75 bits per heavy atom. The number of nitrogens with two attached hydrogens (primary N) is 1. The first-order valence-electron chi connectivity index (χ1n) is 5.71. The predicted octanol–water partition coefficient (Wildman–Crippen LogP) is 1.64. The Morgan fingerprint density at radius 1 is 1.20 bits per heavy atom. The lowest BCUT2D eigenvalue weighted by atomic mass is 10.1. The van der Waals surface area contributed by atoms with Gasteiger partial charge in [-0.3, -0.25) is 4.98 Å². The van der Waals surface area contributed by atoms with E-state index in [-0.39, 0.29) is 16.0 Å². The van der Waals surface area contributed by atoms with Crippen LogP contribution in [0.3, 0.4) is 0 Å². The molecule has 0 aliphatic rings. The van der Waals surface area contributed by atoms with Crippen molar-refractivity contribution in [2.75, 3.05) is 5.73 Å². The highest BCUT2D eigenvalue weighted by Crippen LogP contribution is 2.22. The molecule has 0 fully saturated rings. The molecule has 0 bridgehead atoms. The van der Waals surface area contributed by atoms with Gasteiger partial charge in [-0.15, -0.1) is 0 Å². The Labute approximate surface area is 119 Å². The van der Waals surface area contributed by atoms with Crippen LogP contribution < -0.4 is 5.73 Å². The summed E-state index contributed by atoms with van der Waals surface area (Å²) in [7, 11) is -3.58. The van der Waals surface area contributed by atoms with E-state index in [1.807, 2.05) is 30.3 Å². The first kappa shape index (κ1) is 12.9. The molecule has 8 heteroatoms. The molecule has 0 saturated heterocycles. The summed E-state index contributed by atoms with van der Waals surface area (Å²) in [6.45, 7) is 0. The van der Waals surface area contributed by atoms with Gasteiger partial charge < -0.3 is 5.73 Å². The number of rotatable bonds is 3. The van der Waals surface area contributed by atoms with Gasteiger partial charge >= 0.3 is 0 Å². The van der Waals surface area contributed by atoms with Crippen molar-refractivity contribution < 1.29 is 8.42 Å². The highest BCUT2D eigenvalue weighted by Gasteiger charge is 2.22. The summed E-state index contributed by atoms with van der Waals surface area (Å²) in [5.41, 5.74) is 5.86. The molecule has 0 aliphatic carbocycles. The standard InChI is InChI=1S/C12H10N4O2S2/c13-11-15-12(19-16-11)20(17,18)7-10-9-4-2-1-3-8(9)5-6-14-10/h1-6H,7H2,(H2,13,16). The van der Waals surface area contributed by atoms with E-state index in [1.165, 1.54) is 0 Å². The molecular formula is C12H10N4O2S2. The van der Waals surface area contributed by atoms with Crippen molar-refractivity contribution >= 4 is 38.1 Å². The zero-order valence-corrected chi connectivity index (χ0v) is 11.9. The zero-order chi connectivity index (χ0) is 14.2. The highest BCUT2D eigenvalue weighted by molar-refractivity contribution is 7.92. The van der Waals surface area contributed by atoms with Crippen LogP contribution in [0.1, 0.15) is 5.69 Å². The number of nitrogens with zero attached hydrogens (tertiary/aromatic N) is 3. The molecule has 2 N–H and O–H groups in total. The second-order valence-electron chi connectivity index (χ2n) is 4.16. The van der Waals surface area contributed by atoms with Crippen molar-refractivity contribution in [2.24, 2.45) is 0 Å². The van der Waals surface area contributed by atoms with Crippen molar-refractivity contribution in [3.63, 3.8) is 0 Å². The summed E-state index contributed by atoms with van der Waals surface area (Å²) in [5, 5.41) is 1.76. The van der Waals surface area contributed by atoms with Gasteiger partial charge in [-0.25, -0.2) is 8.42 Å². The lowest BCUT2D eigenvalue weighted by Crippen LogP contribution is -2.06. The summed E-state index contributed by atoms with van der Waals surface area (Å²) < 4.78 is 28.2. The second-order valence-corrected chi connectivity index (χ2v) is 7.07. The molecule has 3 aromatic rings. The van der Waals surface area contributed by atoms with Gasteiger partial charge in [0.1, 0.15) is 5.75 Å². The Morgan fingerprint density at radius 2 is 2.00 bits per heavy atom. The number of benzene rings is 1. The minimum atomic E-state index is -3.58. The van der Waals surface area contributed by atoms with Gasteiger partial charge in [-0.1, -0.05) is 24.3 Å². The fraction of sp³-hybridized carbons (Fsp3) is 0.0833. The van der Waals surface area contributed by atoms with Crippen LogP contribution >= 0.6 is 11.5 Å². The quantitative estimate of drug-likeness (QED) is 0.789. The average Bonchev–Trinajstić information content (AvgIpc) is 2.86. The Balaban J connectivity index is 2.05. The van der Waals surface area contributed by atoms with Crippen molar-refractivity contribution in [3.8, 4) is 0 Å². The number of hydrogen-bond donors (Lipinski definition) is 1. The molecule has 0 amide bonds. The van der Waals surface area contributed by atoms with Gasteiger partial charge in [0.15, 0.2) is 0 Å². The zero-order valence-electron chi connectivity index (χ0n) is 10.2. The molecule has 0 saturated carbocycles. The number of nitrogen functional groups attached to an aromatic ring is 1. The van der Waals surface area contributed by atoms with Crippen LogP contribution in [-0.2, 0) is 15.6 Å². The van der Waals surface area contributed by atoms with Gasteiger partial charge in [-0.2, -0.15) is 9.36 Å². The average molecular weight is 306 g/mol. The largest absolute Gasteiger partial charge is 0.367 e. The topological polar surface area (TPSA) is 98.8 Å². The lowest BCUT2D eigenvalue weighted by Gasteiger charge is -2.04. The van der Waals surface area contributed by atoms with E-state index in [4.69, 9.17) is 5.73 Å². The second kappa shape index (κ2) is 4.80. The van der Waals surface area contributed by atoms with Gasteiger partial charge in [0.05, 0.1) is 5.69 Å². The Hall–Kier alpha value is -2.06. The molecule has 0 atom stereocenters. The first-order valence-corrected chi connectivity index (χ1v) is 8.13. The van der Waals surface area contributed by atoms with Gasteiger partial charge in [0, 0.05) is 23.1 Å². The summed E-state index contributed by atoms with van der Waals surface area (Å²) in [5.74, 6) is -0.248. The molecule has 0 unspecified atom stereocenters. The van der Waals surface area contributed by atoms with Crippen LogP contribution in [0.4, 0.5) is 5.95 Å². The van der Waals surface area contributed by atoms with Crippen LogP contribution in [0.2, 0.25) is 0 Å². The summed E-state index contributed by atoms with van der Waals surface area (Å²) >= 11 is 0.779. The molecule has 2 aromatic heterocycles. The van der Waals surface area contributed by atoms with Crippen LogP contribution in [0.15, 0.2) is 40.9 Å². The number of anilines is 1. The van der Waals surface area contributed by atoms with Crippen LogP contribution in [-0.4, -0.2) is 22.8 Å². The summed E-state index contributed by atoms with van der Waals surface area (Å²) in [4.78, 5) is 7.90.